The van der Waals surface area contributed by atoms with Gasteiger partial charge in [-0.1, -0.05) is 17.7 Å². The van der Waals surface area contributed by atoms with Crippen LogP contribution in [0.5, 0.6) is 0 Å². The number of amides is 1. The predicted molar refractivity (Wildman–Crippen MR) is 94.7 cm³/mol. The molecule has 0 unspecified atom stereocenters. The number of primary amides is 1. The SMILES string of the molecule is NC(=O)c1nn(Cc2ccc3ncc(Cl)cc3c2)c2ccc(=O)[nH]c12. The lowest BCUT2D eigenvalue weighted by molar-refractivity contribution is 0.0996. The van der Waals surface area contributed by atoms with Crippen LogP contribution in [0.3, 0.4) is 0 Å². The third-order valence-electron chi connectivity index (χ3n) is 3.91. The molecule has 0 aliphatic carbocycles. The Kier molecular flexibility index (Phi) is 3.51. The first-order valence-corrected chi connectivity index (χ1v) is 7.83. The standard InChI is InChI=1S/C17H12ClN5O2/c18-11-6-10-5-9(1-2-12(10)20-7-11)8-23-13-3-4-14(24)21-15(13)16(22-23)17(19)25/h1-7H,8H2,(H2,19,25)(H,21,24). The number of fused-ring (bicyclic) bond motifs is 2. The number of nitrogens with two attached hydrogens (primary N) is 1. The van der Waals surface area contributed by atoms with Gasteiger partial charge in [-0.05, 0) is 29.8 Å². The number of hydrogen-bond acceptors (Lipinski definition) is 4. The third kappa shape index (κ3) is 2.74. The molecule has 0 aliphatic heterocycles. The number of rotatable bonds is 3. The molecule has 8 heteroatoms. The summed E-state index contributed by atoms with van der Waals surface area (Å²) in [7, 11) is 0. The van der Waals surface area contributed by atoms with Crippen LogP contribution in [0.4, 0.5) is 0 Å². The number of pyridine rings is 2. The molecule has 0 fully saturated rings. The number of nitrogens with zero attached hydrogens (tertiary/aromatic N) is 3. The Morgan fingerprint density at radius 1 is 1.24 bits per heavy atom. The molecule has 7 nitrogen and oxygen atoms in total. The lowest BCUT2D eigenvalue weighted by Gasteiger charge is -2.05. The van der Waals surface area contributed by atoms with E-state index in [1.807, 2.05) is 24.3 Å². The summed E-state index contributed by atoms with van der Waals surface area (Å²) in [6.45, 7) is 0.401. The van der Waals surface area contributed by atoms with Crippen LogP contribution >= 0.6 is 11.6 Å². The summed E-state index contributed by atoms with van der Waals surface area (Å²) >= 11 is 6.00. The number of aromatic amines is 1. The molecule has 124 valence electrons. The Hall–Kier alpha value is -3.19. The summed E-state index contributed by atoms with van der Waals surface area (Å²) in [6, 6.07) is 10.6. The van der Waals surface area contributed by atoms with Crippen molar-refractivity contribution in [2.45, 2.75) is 6.54 Å². The molecule has 0 spiro atoms. The van der Waals surface area contributed by atoms with Crippen molar-refractivity contribution in [3.8, 4) is 0 Å². The van der Waals surface area contributed by atoms with Gasteiger partial charge >= 0.3 is 0 Å². The summed E-state index contributed by atoms with van der Waals surface area (Å²) < 4.78 is 1.63. The highest BCUT2D eigenvalue weighted by molar-refractivity contribution is 6.31. The number of carbonyl (C=O) groups excluding carboxylic acids is 1. The van der Waals surface area contributed by atoms with Crippen molar-refractivity contribution in [1.29, 1.82) is 0 Å². The summed E-state index contributed by atoms with van der Waals surface area (Å²) in [4.78, 5) is 30.0. The minimum atomic E-state index is -0.694. The summed E-state index contributed by atoms with van der Waals surface area (Å²) in [5.74, 6) is -0.694. The van der Waals surface area contributed by atoms with Crippen LogP contribution in [0.25, 0.3) is 21.9 Å². The lowest BCUT2D eigenvalue weighted by Crippen LogP contribution is -2.14. The fourth-order valence-corrected chi connectivity index (χ4v) is 2.97. The Morgan fingerprint density at radius 2 is 2.08 bits per heavy atom. The van der Waals surface area contributed by atoms with Crippen LogP contribution in [0.15, 0.2) is 47.4 Å². The summed E-state index contributed by atoms with van der Waals surface area (Å²) in [6.07, 6.45) is 1.60. The number of halogens is 1. The van der Waals surface area contributed by atoms with E-state index < -0.39 is 5.91 Å². The van der Waals surface area contributed by atoms with Gasteiger partial charge < -0.3 is 10.7 Å². The van der Waals surface area contributed by atoms with Crippen LogP contribution in [0.1, 0.15) is 16.1 Å². The quantitative estimate of drug-likeness (QED) is 0.588. The molecular formula is C17H12ClN5O2. The number of nitrogens with one attached hydrogen (secondary N) is 1. The molecule has 4 rings (SSSR count). The molecule has 1 amide bonds. The zero-order chi connectivity index (χ0) is 17.6. The highest BCUT2D eigenvalue weighted by Crippen LogP contribution is 2.20. The maximum Gasteiger partial charge on any atom is 0.271 e. The van der Waals surface area contributed by atoms with Gasteiger partial charge in [0.1, 0.15) is 5.52 Å². The van der Waals surface area contributed by atoms with Gasteiger partial charge in [-0.15, -0.1) is 0 Å². The molecular weight excluding hydrogens is 342 g/mol. The highest BCUT2D eigenvalue weighted by atomic mass is 35.5. The van der Waals surface area contributed by atoms with E-state index in [2.05, 4.69) is 15.1 Å². The van der Waals surface area contributed by atoms with Gasteiger partial charge in [0.25, 0.3) is 5.91 Å². The molecule has 0 saturated carbocycles. The van der Waals surface area contributed by atoms with Crippen molar-refractivity contribution in [3.63, 3.8) is 0 Å². The smallest absolute Gasteiger partial charge is 0.271 e. The minimum Gasteiger partial charge on any atom is -0.364 e. The van der Waals surface area contributed by atoms with Crippen molar-refractivity contribution in [2.24, 2.45) is 5.73 Å². The first-order valence-electron chi connectivity index (χ1n) is 7.45. The number of aromatic nitrogens is 4. The van der Waals surface area contributed by atoms with Gasteiger partial charge in [0.15, 0.2) is 5.69 Å². The molecule has 0 aliphatic rings. The fraction of sp³-hybridized carbons (Fsp3) is 0.0588. The zero-order valence-electron chi connectivity index (χ0n) is 12.9. The van der Waals surface area contributed by atoms with E-state index in [1.165, 1.54) is 6.07 Å². The Morgan fingerprint density at radius 3 is 2.88 bits per heavy atom. The van der Waals surface area contributed by atoms with Crippen LogP contribution in [-0.4, -0.2) is 25.7 Å². The van der Waals surface area contributed by atoms with Gasteiger partial charge in [-0.2, -0.15) is 5.10 Å². The van der Waals surface area contributed by atoms with Gasteiger partial charge in [-0.25, -0.2) is 0 Å². The van der Waals surface area contributed by atoms with Crippen LogP contribution in [-0.2, 0) is 6.54 Å². The Labute approximate surface area is 146 Å². The fourth-order valence-electron chi connectivity index (χ4n) is 2.81. The van der Waals surface area contributed by atoms with Crippen molar-refractivity contribution in [3.05, 3.63) is 69.2 Å². The molecule has 1 aromatic carbocycles. The summed E-state index contributed by atoms with van der Waals surface area (Å²) in [5.41, 5.74) is 7.83. The van der Waals surface area contributed by atoms with Crippen LogP contribution < -0.4 is 11.3 Å². The number of benzene rings is 1. The molecule has 0 atom stereocenters. The number of H-pyrrole nitrogens is 1. The molecule has 0 bridgehead atoms. The van der Waals surface area contributed by atoms with Gasteiger partial charge in [0.05, 0.1) is 22.6 Å². The average molecular weight is 354 g/mol. The molecule has 0 radical (unpaired) electrons. The minimum absolute atomic E-state index is 0.0400. The Balaban J connectivity index is 1.83. The largest absolute Gasteiger partial charge is 0.364 e. The molecule has 3 N–H and O–H groups in total. The first kappa shape index (κ1) is 15.3. The number of carbonyl (C=O) groups is 1. The van der Waals surface area contributed by atoms with E-state index in [9.17, 15) is 9.59 Å². The van der Waals surface area contributed by atoms with Crippen LogP contribution in [0.2, 0.25) is 5.02 Å². The maximum atomic E-state index is 11.6. The van der Waals surface area contributed by atoms with Crippen molar-refractivity contribution in [2.75, 3.05) is 0 Å². The first-order chi connectivity index (χ1) is 12.0. The molecule has 4 aromatic rings. The van der Waals surface area contributed by atoms with E-state index in [0.717, 1.165) is 16.5 Å². The topological polar surface area (TPSA) is 107 Å². The normalized spacial score (nSPS) is 11.2. The number of hydrogen-bond donors (Lipinski definition) is 2. The van der Waals surface area contributed by atoms with Crippen LogP contribution in [0, 0.1) is 0 Å². The van der Waals surface area contributed by atoms with Gasteiger partial charge in [0.2, 0.25) is 5.56 Å². The maximum absolute atomic E-state index is 11.6. The zero-order valence-corrected chi connectivity index (χ0v) is 13.6. The Bertz CT molecular complexity index is 1190. The van der Waals surface area contributed by atoms with Gasteiger partial charge in [0, 0.05) is 17.6 Å². The molecule has 0 saturated heterocycles. The monoisotopic (exact) mass is 353 g/mol. The second-order valence-electron chi connectivity index (χ2n) is 5.63. The van der Waals surface area contributed by atoms with E-state index in [-0.39, 0.29) is 11.3 Å². The van der Waals surface area contributed by atoms with E-state index in [0.29, 0.717) is 22.6 Å². The molecule has 25 heavy (non-hydrogen) atoms. The van der Waals surface area contributed by atoms with E-state index >= 15 is 0 Å². The second kappa shape index (κ2) is 5.71. The molecule has 3 heterocycles. The third-order valence-corrected chi connectivity index (χ3v) is 4.12. The molecule has 3 aromatic heterocycles. The lowest BCUT2D eigenvalue weighted by atomic mass is 10.1. The van der Waals surface area contributed by atoms with Crippen molar-refractivity contribution in [1.82, 2.24) is 19.7 Å². The van der Waals surface area contributed by atoms with Crippen molar-refractivity contribution < 1.29 is 4.79 Å². The van der Waals surface area contributed by atoms with Gasteiger partial charge in [-0.3, -0.25) is 19.3 Å². The van der Waals surface area contributed by atoms with E-state index in [1.54, 1.807) is 16.9 Å². The van der Waals surface area contributed by atoms with Crippen molar-refractivity contribution >= 4 is 39.4 Å². The predicted octanol–water partition coefficient (Wildman–Crippen LogP) is 2.07. The summed E-state index contributed by atoms with van der Waals surface area (Å²) in [5, 5.41) is 5.72. The second-order valence-corrected chi connectivity index (χ2v) is 6.07. The highest BCUT2D eigenvalue weighted by Gasteiger charge is 2.16. The van der Waals surface area contributed by atoms with E-state index in [4.69, 9.17) is 17.3 Å². The average Bonchev–Trinajstić information content (AvgIpc) is 2.92.